The van der Waals surface area contributed by atoms with Crippen molar-refractivity contribution in [2.24, 2.45) is 17.3 Å². The van der Waals surface area contributed by atoms with Gasteiger partial charge in [-0.3, -0.25) is 14.6 Å². The number of carbonyl (C=O) groups is 1. The lowest BCUT2D eigenvalue weighted by Gasteiger charge is -2.75. The Morgan fingerprint density at radius 1 is 0.859 bits per heavy atom. The molecule has 10 heteroatoms. The summed E-state index contributed by atoms with van der Waals surface area (Å²) in [6.45, 7) is 12.8. The summed E-state index contributed by atoms with van der Waals surface area (Å²) in [5.74, 6) is 2.26. The van der Waals surface area contributed by atoms with E-state index in [9.17, 15) is 20.1 Å². The summed E-state index contributed by atoms with van der Waals surface area (Å²) < 4.78 is 28.4. The van der Waals surface area contributed by atoms with Crippen molar-refractivity contribution in [2.75, 3.05) is 32.8 Å². The molecule has 0 radical (unpaired) electrons. The summed E-state index contributed by atoms with van der Waals surface area (Å²) in [5.41, 5.74) is 3.76. The fourth-order valence-corrected chi connectivity index (χ4v) is 16.8. The molecule has 4 heterocycles. The molecule has 6 bridgehead atoms. The van der Waals surface area contributed by atoms with Crippen LogP contribution in [0.5, 0.6) is 23.0 Å². The molecule has 10 nitrogen and oxygen atoms in total. The first-order chi connectivity index (χ1) is 30.9. The number of aromatic hydroxyl groups is 2. The van der Waals surface area contributed by atoms with Gasteiger partial charge in [0.25, 0.3) is 0 Å². The maximum atomic E-state index is 13.7. The molecule has 4 aliphatic heterocycles. The third-order valence-corrected chi connectivity index (χ3v) is 19.3. The van der Waals surface area contributed by atoms with Gasteiger partial charge >= 0.3 is 0 Å². The molecule has 5 saturated carbocycles. The zero-order valence-electron chi connectivity index (χ0n) is 37.6. The second-order valence-electron chi connectivity index (χ2n) is 22.4. The highest BCUT2D eigenvalue weighted by Crippen LogP contribution is 2.78. The molecule has 3 aromatic rings. The SMILES string of the molecule is C=CCN1CC[C@]23c4c5ccc(O)c4O[C@H]2C(=O)CC[C@@]3(OCCCc2cccc(CO[C@]34CC[C@@]6(C[C@@H]3C(C)(C)O)[C@H]3Cc7ccc(O)c8c7[C@@]6(CCN3CC3CC3)[C@H]4O8)c2)[C@H]1C5. The van der Waals surface area contributed by atoms with Crippen molar-refractivity contribution in [3.63, 3.8) is 0 Å². The highest BCUT2D eigenvalue weighted by molar-refractivity contribution is 5.90. The maximum Gasteiger partial charge on any atom is 0.174 e. The molecule has 2 saturated heterocycles. The molecule has 3 spiro atoms. The Hall–Kier alpha value is -3.93. The Morgan fingerprint density at radius 3 is 2.34 bits per heavy atom. The number of aryl methyl sites for hydroxylation is 1. The monoisotopic (exact) mass is 868 g/mol. The summed E-state index contributed by atoms with van der Waals surface area (Å²) in [6.07, 6.45) is 12.6. The van der Waals surface area contributed by atoms with Crippen molar-refractivity contribution >= 4 is 5.78 Å². The minimum atomic E-state index is -0.994. The van der Waals surface area contributed by atoms with Crippen molar-refractivity contribution in [3.8, 4) is 23.0 Å². The van der Waals surface area contributed by atoms with Crippen LogP contribution >= 0.6 is 0 Å². The van der Waals surface area contributed by atoms with Crippen LogP contribution in [-0.2, 0) is 51.0 Å². The molecule has 338 valence electrons. The van der Waals surface area contributed by atoms with Gasteiger partial charge in [-0.05, 0) is 138 Å². The number of hydrogen-bond donors (Lipinski definition) is 3. The number of nitrogens with zero attached hydrogens (tertiary/aromatic N) is 2. The van der Waals surface area contributed by atoms with Gasteiger partial charge in [0.1, 0.15) is 11.7 Å². The van der Waals surface area contributed by atoms with Crippen LogP contribution in [0.4, 0.5) is 0 Å². The molecule has 7 aliphatic carbocycles. The topological polar surface area (TPSA) is 121 Å². The Bertz CT molecular complexity index is 2480. The second kappa shape index (κ2) is 13.6. The van der Waals surface area contributed by atoms with Crippen molar-refractivity contribution in [3.05, 3.63) is 94.6 Å². The first kappa shape index (κ1) is 40.4. The molecule has 0 amide bonds. The van der Waals surface area contributed by atoms with E-state index in [0.29, 0.717) is 43.6 Å². The van der Waals surface area contributed by atoms with Crippen molar-refractivity contribution in [1.82, 2.24) is 9.80 Å². The van der Waals surface area contributed by atoms with E-state index in [0.717, 1.165) is 100 Å². The van der Waals surface area contributed by atoms with Crippen LogP contribution in [0.15, 0.2) is 61.2 Å². The lowest BCUT2D eigenvalue weighted by atomic mass is 9.34. The highest BCUT2D eigenvalue weighted by atomic mass is 16.6. The predicted octanol–water partition coefficient (Wildman–Crippen LogP) is 7.23. The number of rotatable bonds is 13. The Balaban J connectivity index is 0.768. The number of ether oxygens (including phenoxy) is 4. The fraction of sp³-hybridized carbons (Fsp3) is 0.611. The van der Waals surface area contributed by atoms with Gasteiger partial charge in [-0.2, -0.15) is 0 Å². The minimum Gasteiger partial charge on any atom is -0.504 e. The molecule has 14 rings (SSSR count). The summed E-state index contributed by atoms with van der Waals surface area (Å²) in [7, 11) is 0. The number of ketones is 1. The average molecular weight is 869 g/mol. The number of piperidine rings is 2. The second-order valence-corrected chi connectivity index (χ2v) is 22.4. The first-order valence-corrected chi connectivity index (χ1v) is 24.6. The van der Waals surface area contributed by atoms with Gasteiger partial charge in [-0.25, -0.2) is 0 Å². The zero-order chi connectivity index (χ0) is 43.6. The summed E-state index contributed by atoms with van der Waals surface area (Å²) in [4.78, 5) is 19.0. The van der Waals surface area contributed by atoms with Crippen molar-refractivity contribution in [1.29, 1.82) is 0 Å². The smallest absolute Gasteiger partial charge is 0.174 e. The van der Waals surface area contributed by atoms with Crippen LogP contribution in [0, 0.1) is 17.3 Å². The zero-order valence-corrected chi connectivity index (χ0v) is 37.6. The number of phenols is 2. The summed E-state index contributed by atoms with van der Waals surface area (Å²) in [5, 5.41) is 34.6. The Labute approximate surface area is 376 Å². The van der Waals surface area contributed by atoms with E-state index in [1.165, 1.54) is 36.1 Å². The van der Waals surface area contributed by atoms with Gasteiger partial charge in [0.15, 0.2) is 34.9 Å². The van der Waals surface area contributed by atoms with E-state index < -0.39 is 28.3 Å². The van der Waals surface area contributed by atoms with E-state index >= 15 is 0 Å². The van der Waals surface area contributed by atoms with Gasteiger partial charge in [0, 0.05) is 72.6 Å². The van der Waals surface area contributed by atoms with Gasteiger partial charge in [0.05, 0.1) is 23.2 Å². The number of aliphatic hydroxyl groups is 1. The molecule has 11 aliphatic rings. The van der Waals surface area contributed by atoms with Gasteiger partial charge in [0.2, 0.25) is 0 Å². The summed E-state index contributed by atoms with van der Waals surface area (Å²) >= 11 is 0. The van der Waals surface area contributed by atoms with E-state index in [-0.39, 0.29) is 46.2 Å². The highest BCUT2D eigenvalue weighted by Gasteiger charge is 2.82. The number of fused-ring (bicyclic) bond motifs is 2. The normalized spacial score (nSPS) is 38.4. The third kappa shape index (κ3) is 5.02. The largest absolute Gasteiger partial charge is 0.504 e. The van der Waals surface area contributed by atoms with Gasteiger partial charge < -0.3 is 34.3 Å². The predicted molar refractivity (Wildman–Crippen MR) is 240 cm³/mol. The van der Waals surface area contributed by atoms with Gasteiger partial charge in [-0.1, -0.05) is 42.5 Å². The summed E-state index contributed by atoms with van der Waals surface area (Å²) in [6, 6.07) is 17.0. The van der Waals surface area contributed by atoms with Gasteiger partial charge in [-0.15, -0.1) is 6.58 Å². The molecular formula is C54H64N2O8. The minimum absolute atomic E-state index is 0.0552. The van der Waals surface area contributed by atoms with E-state index in [4.69, 9.17) is 18.9 Å². The Kier molecular flexibility index (Phi) is 8.57. The molecular weight excluding hydrogens is 805 g/mol. The van der Waals surface area contributed by atoms with Crippen molar-refractivity contribution < 1.29 is 39.1 Å². The van der Waals surface area contributed by atoms with Crippen LogP contribution in [0.25, 0.3) is 0 Å². The van der Waals surface area contributed by atoms with E-state index in [1.54, 1.807) is 6.07 Å². The standard InChI is InChI=1S/C54H64N2O8/c1-4-22-55-23-20-51-43-36-13-14-37(57)45(43)63-47(51)39(59)16-17-54(51,42(55)28-36)61-25-6-9-32-7-5-8-34(26-32)31-62-53-19-18-50(29-40(53)49(2,3)60)41-27-35-12-15-38(58)46-44(35)52(50,48(53)64-46)21-24-56(41)30-33-10-11-33/h4-5,7-8,12-15,26,33,40-42,47-48,57-58,60H,1,6,9-11,16-25,27-31H2,2-3H3/t40-,41-,42-,47+,48-,50-,51+,52+,53-,54-/m1/s1. The van der Waals surface area contributed by atoms with E-state index in [1.807, 2.05) is 32.1 Å². The molecule has 0 unspecified atom stereocenters. The first-order valence-electron chi connectivity index (χ1n) is 24.6. The number of benzene rings is 3. The molecule has 10 atom stereocenters. The lowest BCUT2D eigenvalue weighted by Crippen LogP contribution is -2.82. The van der Waals surface area contributed by atoms with E-state index in [2.05, 4.69) is 46.7 Å². The molecule has 7 fully saturated rings. The van der Waals surface area contributed by atoms with Crippen LogP contribution in [0.3, 0.4) is 0 Å². The maximum absolute atomic E-state index is 13.7. The molecule has 0 aromatic heterocycles. The average Bonchev–Trinajstić information content (AvgIpc) is 3.91. The lowest BCUT2D eigenvalue weighted by molar-refractivity contribution is -0.310. The number of Topliss-reactive ketones (excluding diaryl/α,β-unsaturated/α-hetero) is 1. The van der Waals surface area contributed by atoms with Crippen LogP contribution in [-0.4, -0.2) is 105 Å². The fourth-order valence-electron chi connectivity index (χ4n) is 16.8. The quantitative estimate of drug-likeness (QED) is 0.120. The van der Waals surface area contributed by atoms with Crippen LogP contribution in [0.2, 0.25) is 0 Å². The van der Waals surface area contributed by atoms with Crippen LogP contribution in [0.1, 0.15) is 111 Å². The molecule has 64 heavy (non-hydrogen) atoms. The number of hydrogen-bond acceptors (Lipinski definition) is 10. The number of carbonyl (C=O) groups excluding carboxylic acids is 1. The van der Waals surface area contributed by atoms with Crippen LogP contribution < -0.4 is 9.47 Å². The number of phenolic OH excluding ortho intramolecular Hbond substituents is 2. The molecule has 3 N–H and O–H groups in total. The number of likely N-dealkylation sites (tertiary alicyclic amines) is 2. The van der Waals surface area contributed by atoms with Crippen molar-refractivity contribution in [2.45, 2.75) is 156 Å². The Morgan fingerprint density at radius 2 is 1.58 bits per heavy atom. The third-order valence-electron chi connectivity index (χ3n) is 19.3. The molecule has 3 aromatic carbocycles.